The fourth-order valence-electron chi connectivity index (χ4n) is 3.42. The summed E-state index contributed by atoms with van der Waals surface area (Å²) in [5.41, 5.74) is 1.96. The molecule has 2 heterocycles. The molecule has 2 aromatic carbocycles. The molecule has 1 aliphatic heterocycles. The maximum absolute atomic E-state index is 14.3. The van der Waals surface area contributed by atoms with Crippen molar-refractivity contribution in [3.05, 3.63) is 71.9 Å². The van der Waals surface area contributed by atoms with Gasteiger partial charge in [-0.3, -0.25) is 9.36 Å². The zero-order valence-electron chi connectivity index (χ0n) is 15.1. The van der Waals surface area contributed by atoms with E-state index in [0.717, 1.165) is 11.3 Å². The molecule has 0 unspecified atom stereocenters. The van der Waals surface area contributed by atoms with Crippen molar-refractivity contribution < 1.29 is 13.9 Å². The van der Waals surface area contributed by atoms with E-state index in [1.54, 1.807) is 29.1 Å². The maximum Gasteiger partial charge on any atom is 0.226 e. The van der Waals surface area contributed by atoms with Gasteiger partial charge >= 0.3 is 0 Å². The van der Waals surface area contributed by atoms with Crippen LogP contribution in [-0.4, -0.2) is 21.6 Å². The van der Waals surface area contributed by atoms with E-state index in [4.69, 9.17) is 4.74 Å². The summed E-state index contributed by atoms with van der Waals surface area (Å²) >= 11 is 0. The van der Waals surface area contributed by atoms with Crippen LogP contribution in [0.15, 0.2) is 54.9 Å². The highest BCUT2D eigenvalue weighted by Gasteiger charge is 2.33. The van der Waals surface area contributed by atoms with E-state index in [1.807, 2.05) is 38.1 Å². The first-order chi connectivity index (χ1) is 13.0. The van der Waals surface area contributed by atoms with Gasteiger partial charge < -0.3 is 10.1 Å². The van der Waals surface area contributed by atoms with Crippen molar-refractivity contribution in [3.8, 4) is 11.4 Å². The Balaban J connectivity index is 1.82. The van der Waals surface area contributed by atoms with Gasteiger partial charge in [-0.05, 0) is 32.0 Å². The summed E-state index contributed by atoms with van der Waals surface area (Å²) < 4.78 is 21.8. The largest absolute Gasteiger partial charge is 0.491 e. The number of para-hydroxylation sites is 2. The molecule has 5 nitrogen and oxygen atoms in total. The predicted octanol–water partition coefficient (Wildman–Crippen LogP) is 4.27. The average molecular weight is 365 g/mol. The summed E-state index contributed by atoms with van der Waals surface area (Å²) in [4.78, 5) is 16.9. The number of benzene rings is 2. The summed E-state index contributed by atoms with van der Waals surface area (Å²) in [6.07, 6.45) is 1.83. The molecule has 1 aliphatic rings. The Labute approximate surface area is 156 Å². The summed E-state index contributed by atoms with van der Waals surface area (Å²) in [5.74, 6) is 0.471. The second kappa shape index (κ2) is 6.87. The zero-order valence-corrected chi connectivity index (χ0v) is 15.1. The van der Waals surface area contributed by atoms with Crippen LogP contribution in [0, 0.1) is 5.82 Å². The summed E-state index contributed by atoms with van der Waals surface area (Å²) in [6.45, 7) is 3.92. The van der Waals surface area contributed by atoms with E-state index in [9.17, 15) is 9.18 Å². The molecular formula is C21H20FN3O2. The highest BCUT2D eigenvalue weighted by atomic mass is 19.1. The Kier molecular flexibility index (Phi) is 4.39. The van der Waals surface area contributed by atoms with Gasteiger partial charge in [-0.25, -0.2) is 9.37 Å². The molecule has 6 heteroatoms. The SMILES string of the molecule is CC(C)Oc1ccccc1[C@@H]1CC(=O)Nc2c1ncn2-c1ccccc1F. The second-order valence-corrected chi connectivity index (χ2v) is 6.81. The first-order valence-corrected chi connectivity index (χ1v) is 8.92. The third kappa shape index (κ3) is 3.18. The van der Waals surface area contributed by atoms with Gasteiger partial charge in [0, 0.05) is 17.9 Å². The average Bonchev–Trinajstić information content (AvgIpc) is 3.05. The van der Waals surface area contributed by atoms with E-state index in [-0.39, 0.29) is 30.2 Å². The Morgan fingerprint density at radius 2 is 1.93 bits per heavy atom. The number of carbonyl (C=O) groups excluding carboxylic acids is 1. The minimum absolute atomic E-state index is 0.0130. The molecule has 1 amide bonds. The van der Waals surface area contributed by atoms with Crippen LogP contribution in [0.1, 0.15) is 37.4 Å². The molecular weight excluding hydrogens is 345 g/mol. The number of ether oxygens (including phenoxy) is 1. The fourth-order valence-corrected chi connectivity index (χ4v) is 3.42. The number of halogens is 1. The molecule has 0 saturated carbocycles. The van der Waals surface area contributed by atoms with Gasteiger partial charge in [-0.15, -0.1) is 0 Å². The van der Waals surface area contributed by atoms with Crippen molar-refractivity contribution in [2.24, 2.45) is 0 Å². The van der Waals surface area contributed by atoms with Gasteiger partial charge in [0.05, 0.1) is 17.5 Å². The molecule has 138 valence electrons. The molecule has 0 radical (unpaired) electrons. The van der Waals surface area contributed by atoms with Crippen molar-refractivity contribution in [1.29, 1.82) is 0 Å². The van der Waals surface area contributed by atoms with Gasteiger partial charge in [-0.2, -0.15) is 0 Å². The van der Waals surface area contributed by atoms with E-state index < -0.39 is 0 Å². The van der Waals surface area contributed by atoms with Crippen molar-refractivity contribution >= 4 is 11.7 Å². The predicted molar refractivity (Wildman–Crippen MR) is 101 cm³/mol. The number of imidazole rings is 1. The Morgan fingerprint density at radius 3 is 2.70 bits per heavy atom. The van der Waals surface area contributed by atoms with Crippen molar-refractivity contribution in [3.63, 3.8) is 0 Å². The van der Waals surface area contributed by atoms with Crippen molar-refractivity contribution in [1.82, 2.24) is 9.55 Å². The molecule has 0 fully saturated rings. The van der Waals surface area contributed by atoms with Crippen LogP contribution in [0.3, 0.4) is 0 Å². The van der Waals surface area contributed by atoms with Crippen molar-refractivity contribution in [2.75, 3.05) is 5.32 Å². The highest BCUT2D eigenvalue weighted by molar-refractivity contribution is 5.94. The minimum atomic E-state index is -0.377. The van der Waals surface area contributed by atoms with Crippen molar-refractivity contribution in [2.45, 2.75) is 32.3 Å². The molecule has 4 rings (SSSR count). The number of nitrogens with zero attached hydrogens (tertiary/aromatic N) is 2. The number of aromatic nitrogens is 2. The first kappa shape index (κ1) is 17.3. The number of fused-ring (bicyclic) bond motifs is 1. The second-order valence-electron chi connectivity index (χ2n) is 6.81. The minimum Gasteiger partial charge on any atom is -0.491 e. The molecule has 0 aliphatic carbocycles. The first-order valence-electron chi connectivity index (χ1n) is 8.92. The smallest absolute Gasteiger partial charge is 0.226 e. The lowest BCUT2D eigenvalue weighted by Gasteiger charge is -2.25. The van der Waals surface area contributed by atoms with Crippen LogP contribution < -0.4 is 10.1 Å². The number of hydrogen-bond acceptors (Lipinski definition) is 3. The summed E-state index contributed by atoms with van der Waals surface area (Å²) in [7, 11) is 0. The van der Waals surface area contributed by atoms with Gasteiger partial charge in [0.1, 0.15) is 23.7 Å². The highest BCUT2D eigenvalue weighted by Crippen LogP contribution is 2.41. The quantitative estimate of drug-likeness (QED) is 0.751. The standard InChI is InChI=1S/C21H20FN3O2/c1-13(2)27-18-10-6-3-7-14(18)15-11-19(26)24-21-20(15)23-12-25(21)17-9-5-4-8-16(17)22/h3-10,12-13,15H,11H2,1-2H3,(H,24,26)/t15-/m0/s1. The molecule has 1 aromatic heterocycles. The van der Waals surface area contributed by atoms with Crippen LogP contribution in [0.25, 0.3) is 5.69 Å². The number of anilines is 1. The Hall–Kier alpha value is -3.15. The Bertz CT molecular complexity index is 997. The number of carbonyl (C=O) groups is 1. The summed E-state index contributed by atoms with van der Waals surface area (Å²) in [5, 5.41) is 2.85. The Morgan fingerprint density at radius 1 is 1.19 bits per heavy atom. The number of rotatable bonds is 4. The van der Waals surface area contributed by atoms with E-state index >= 15 is 0 Å². The molecule has 27 heavy (non-hydrogen) atoms. The normalized spacial score (nSPS) is 16.1. The molecule has 0 spiro atoms. The molecule has 1 N–H and O–H groups in total. The topological polar surface area (TPSA) is 56.1 Å². The third-order valence-corrected chi connectivity index (χ3v) is 4.54. The zero-order chi connectivity index (χ0) is 19.0. The number of amides is 1. The molecule has 0 bridgehead atoms. The lowest BCUT2D eigenvalue weighted by molar-refractivity contribution is -0.116. The van der Waals surface area contributed by atoms with Gasteiger partial charge in [0.2, 0.25) is 5.91 Å². The van der Waals surface area contributed by atoms with Gasteiger partial charge in [-0.1, -0.05) is 30.3 Å². The van der Waals surface area contributed by atoms with Crippen LogP contribution in [-0.2, 0) is 4.79 Å². The molecule has 3 aromatic rings. The van der Waals surface area contributed by atoms with Gasteiger partial charge in [0.25, 0.3) is 0 Å². The number of hydrogen-bond donors (Lipinski definition) is 1. The van der Waals surface area contributed by atoms with E-state index in [2.05, 4.69) is 10.3 Å². The van der Waals surface area contributed by atoms with E-state index in [1.165, 1.54) is 6.07 Å². The summed E-state index contributed by atoms with van der Waals surface area (Å²) in [6, 6.07) is 14.1. The lowest BCUT2D eigenvalue weighted by atomic mass is 9.89. The van der Waals surface area contributed by atoms with E-state index in [0.29, 0.717) is 17.2 Å². The van der Waals surface area contributed by atoms with Crippen LogP contribution in [0.2, 0.25) is 0 Å². The van der Waals surface area contributed by atoms with Crippen LogP contribution >= 0.6 is 0 Å². The maximum atomic E-state index is 14.3. The van der Waals surface area contributed by atoms with Crippen LogP contribution in [0.5, 0.6) is 5.75 Å². The lowest BCUT2D eigenvalue weighted by Crippen LogP contribution is -2.25. The molecule has 1 atom stereocenters. The fraction of sp³-hybridized carbons (Fsp3) is 0.238. The van der Waals surface area contributed by atoms with Gasteiger partial charge in [0.15, 0.2) is 0 Å². The monoisotopic (exact) mass is 365 g/mol. The third-order valence-electron chi connectivity index (χ3n) is 4.54. The molecule has 0 saturated heterocycles. The van der Waals surface area contributed by atoms with Crippen LogP contribution in [0.4, 0.5) is 10.2 Å². The number of nitrogens with one attached hydrogen (secondary N) is 1.